The van der Waals surface area contributed by atoms with E-state index in [4.69, 9.17) is 0 Å². The van der Waals surface area contributed by atoms with E-state index in [1.807, 2.05) is 13.8 Å². The summed E-state index contributed by atoms with van der Waals surface area (Å²) in [4.78, 5) is 15.5. The number of aromatic nitrogens is 1. The number of nitrogens with zero attached hydrogens (tertiary/aromatic N) is 1. The molecule has 0 saturated heterocycles. The van der Waals surface area contributed by atoms with Crippen molar-refractivity contribution in [2.24, 2.45) is 5.92 Å². The Kier molecular flexibility index (Phi) is 7.12. The maximum atomic E-state index is 14.9. The molecule has 0 atom stereocenters. The highest BCUT2D eigenvalue weighted by Gasteiger charge is 2.21. The lowest BCUT2D eigenvalue weighted by atomic mass is 10.0. The number of hydrogen-bond acceptors (Lipinski definition) is 4. The first-order valence-corrected chi connectivity index (χ1v) is 10.1. The van der Waals surface area contributed by atoms with Crippen molar-refractivity contribution in [1.29, 1.82) is 0 Å². The minimum atomic E-state index is -1.35. The summed E-state index contributed by atoms with van der Waals surface area (Å²) >= 11 is 0. The monoisotopic (exact) mass is 445 g/mol. The van der Waals surface area contributed by atoms with Gasteiger partial charge in [-0.2, -0.15) is 0 Å². The van der Waals surface area contributed by atoms with Gasteiger partial charge in [0.15, 0.2) is 29.6 Å². The fourth-order valence-corrected chi connectivity index (χ4v) is 3.15. The number of aryl methyl sites for hydroxylation is 1. The van der Waals surface area contributed by atoms with Crippen molar-refractivity contribution in [1.82, 2.24) is 4.98 Å². The molecule has 0 amide bonds. The van der Waals surface area contributed by atoms with Crippen LogP contribution in [0.4, 0.5) is 34.8 Å². The lowest BCUT2D eigenvalue weighted by Crippen LogP contribution is -2.12. The SMILES string of the molecule is Cc1ccc(Nc2c(C=O)cc(Cc3ccnc(NCC(C)C)c3F)c(F)c2F)c(F)c1. The average Bonchev–Trinajstić information content (AvgIpc) is 2.75. The molecule has 0 radical (unpaired) electrons. The van der Waals surface area contributed by atoms with Crippen molar-refractivity contribution in [3.63, 3.8) is 0 Å². The molecule has 32 heavy (non-hydrogen) atoms. The summed E-state index contributed by atoms with van der Waals surface area (Å²) in [5.41, 5.74) is -0.283. The lowest BCUT2D eigenvalue weighted by Gasteiger charge is -2.15. The van der Waals surface area contributed by atoms with Crippen LogP contribution in [0.25, 0.3) is 0 Å². The molecule has 0 aliphatic carbocycles. The van der Waals surface area contributed by atoms with Gasteiger partial charge in [-0.25, -0.2) is 22.5 Å². The third-order valence-electron chi connectivity index (χ3n) is 4.85. The first-order chi connectivity index (χ1) is 15.2. The summed E-state index contributed by atoms with van der Waals surface area (Å²) in [6.07, 6.45) is 1.40. The van der Waals surface area contributed by atoms with Crippen molar-refractivity contribution in [3.05, 3.63) is 82.1 Å². The van der Waals surface area contributed by atoms with Gasteiger partial charge in [0.25, 0.3) is 0 Å². The van der Waals surface area contributed by atoms with Crippen LogP contribution >= 0.6 is 0 Å². The van der Waals surface area contributed by atoms with E-state index in [0.717, 1.165) is 6.07 Å². The minimum absolute atomic E-state index is 0.0147. The van der Waals surface area contributed by atoms with Gasteiger partial charge in [0, 0.05) is 24.7 Å². The quantitative estimate of drug-likeness (QED) is 0.322. The van der Waals surface area contributed by atoms with Crippen molar-refractivity contribution < 1.29 is 22.4 Å². The Morgan fingerprint density at radius 1 is 1.00 bits per heavy atom. The fourth-order valence-electron chi connectivity index (χ4n) is 3.15. The third kappa shape index (κ3) is 5.07. The molecule has 0 spiro atoms. The molecular formula is C24H23F4N3O. The van der Waals surface area contributed by atoms with Crippen LogP contribution in [0, 0.1) is 36.1 Å². The van der Waals surface area contributed by atoms with Crippen LogP contribution in [-0.4, -0.2) is 17.8 Å². The molecule has 0 bridgehead atoms. The van der Waals surface area contributed by atoms with Crippen LogP contribution in [0.15, 0.2) is 36.5 Å². The fraction of sp³-hybridized carbons (Fsp3) is 0.250. The summed E-state index contributed by atoms with van der Waals surface area (Å²) < 4.78 is 58.6. The number of halogens is 4. The maximum absolute atomic E-state index is 14.9. The predicted octanol–water partition coefficient (Wildman–Crippen LogP) is 6.16. The summed E-state index contributed by atoms with van der Waals surface area (Å²) in [5.74, 6) is -3.69. The topological polar surface area (TPSA) is 54.0 Å². The Bertz CT molecular complexity index is 1150. The summed E-state index contributed by atoms with van der Waals surface area (Å²) in [6, 6.07) is 6.67. The van der Waals surface area contributed by atoms with Gasteiger partial charge in [0.05, 0.1) is 11.4 Å². The van der Waals surface area contributed by atoms with Crippen LogP contribution in [0.5, 0.6) is 0 Å². The highest BCUT2D eigenvalue weighted by Crippen LogP contribution is 2.31. The van der Waals surface area contributed by atoms with Crippen molar-refractivity contribution in [2.75, 3.05) is 17.2 Å². The first-order valence-electron chi connectivity index (χ1n) is 10.1. The Morgan fingerprint density at radius 3 is 2.41 bits per heavy atom. The van der Waals surface area contributed by atoms with Gasteiger partial charge in [0.2, 0.25) is 0 Å². The van der Waals surface area contributed by atoms with Crippen molar-refractivity contribution >= 4 is 23.5 Å². The average molecular weight is 445 g/mol. The van der Waals surface area contributed by atoms with E-state index in [2.05, 4.69) is 15.6 Å². The van der Waals surface area contributed by atoms with Gasteiger partial charge < -0.3 is 10.6 Å². The smallest absolute Gasteiger partial charge is 0.183 e. The number of nitrogens with one attached hydrogen (secondary N) is 2. The molecule has 0 saturated carbocycles. The van der Waals surface area contributed by atoms with Gasteiger partial charge in [-0.1, -0.05) is 19.9 Å². The molecule has 3 aromatic rings. The number of anilines is 3. The molecule has 8 heteroatoms. The van der Waals surface area contributed by atoms with E-state index in [1.165, 1.54) is 24.4 Å². The van der Waals surface area contributed by atoms with E-state index in [9.17, 15) is 22.4 Å². The molecular weight excluding hydrogens is 422 g/mol. The van der Waals surface area contributed by atoms with Crippen LogP contribution in [0.1, 0.15) is 40.9 Å². The molecule has 0 aliphatic rings. The number of benzene rings is 2. The van der Waals surface area contributed by atoms with Crippen molar-refractivity contribution in [3.8, 4) is 0 Å². The first kappa shape index (κ1) is 23.2. The maximum Gasteiger partial charge on any atom is 0.183 e. The number of aldehydes is 1. The highest BCUT2D eigenvalue weighted by atomic mass is 19.2. The number of hydrogen-bond donors (Lipinski definition) is 2. The zero-order valence-electron chi connectivity index (χ0n) is 17.9. The normalized spacial score (nSPS) is 11.0. The summed E-state index contributed by atoms with van der Waals surface area (Å²) in [5, 5.41) is 5.33. The lowest BCUT2D eigenvalue weighted by molar-refractivity contribution is 0.112. The van der Waals surface area contributed by atoms with Gasteiger partial charge in [0.1, 0.15) is 5.82 Å². The third-order valence-corrected chi connectivity index (χ3v) is 4.85. The van der Waals surface area contributed by atoms with Crippen LogP contribution < -0.4 is 10.6 Å². The molecule has 0 aliphatic heterocycles. The number of carbonyl (C=O) groups is 1. The van der Waals surface area contributed by atoms with E-state index in [1.54, 1.807) is 13.0 Å². The molecule has 168 valence electrons. The zero-order chi connectivity index (χ0) is 23.4. The van der Waals surface area contributed by atoms with Gasteiger partial charge >= 0.3 is 0 Å². The predicted molar refractivity (Wildman–Crippen MR) is 116 cm³/mol. The summed E-state index contributed by atoms with van der Waals surface area (Å²) in [7, 11) is 0. The Hall–Kier alpha value is -3.42. The van der Waals surface area contributed by atoms with E-state index >= 15 is 0 Å². The standard InChI is InChI=1S/C24H23F4N3O/c1-13(2)11-30-24-21(27)15(6-7-29-24)9-16-10-17(12-32)23(22(28)20(16)26)31-19-5-4-14(3)8-18(19)25/h4-8,10,12-13,31H,9,11H2,1-3H3,(H,29,30). The van der Waals surface area contributed by atoms with E-state index < -0.39 is 29.0 Å². The molecule has 4 nitrogen and oxygen atoms in total. The van der Waals surface area contributed by atoms with E-state index in [0.29, 0.717) is 18.4 Å². The largest absolute Gasteiger partial charge is 0.367 e. The molecule has 3 rings (SSSR count). The molecule has 1 aromatic heterocycles. The van der Waals surface area contributed by atoms with Crippen molar-refractivity contribution in [2.45, 2.75) is 27.2 Å². The van der Waals surface area contributed by atoms with E-state index in [-0.39, 0.29) is 40.5 Å². The summed E-state index contributed by atoms with van der Waals surface area (Å²) in [6.45, 7) is 6.07. The Balaban J connectivity index is 1.95. The Labute approximate surface area is 183 Å². The second-order valence-corrected chi connectivity index (χ2v) is 7.94. The molecule has 2 N–H and O–H groups in total. The van der Waals surface area contributed by atoms with Crippen LogP contribution in [0.2, 0.25) is 0 Å². The Morgan fingerprint density at radius 2 is 1.75 bits per heavy atom. The second-order valence-electron chi connectivity index (χ2n) is 7.94. The molecule has 0 unspecified atom stereocenters. The zero-order valence-corrected chi connectivity index (χ0v) is 17.9. The number of rotatable bonds is 8. The van der Waals surface area contributed by atoms with Gasteiger partial charge in [-0.15, -0.1) is 0 Å². The van der Waals surface area contributed by atoms with Gasteiger partial charge in [-0.05, 0) is 53.8 Å². The highest BCUT2D eigenvalue weighted by molar-refractivity contribution is 5.87. The number of carbonyl (C=O) groups excluding carboxylic acids is 1. The second kappa shape index (κ2) is 9.80. The van der Waals surface area contributed by atoms with Crippen LogP contribution in [-0.2, 0) is 6.42 Å². The van der Waals surface area contributed by atoms with Crippen LogP contribution in [0.3, 0.4) is 0 Å². The molecule has 1 heterocycles. The minimum Gasteiger partial charge on any atom is -0.367 e. The number of pyridine rings is 1. The molecule has 2 aromatic carbocycles. The van der Waals surface area contributed by atoms with Gasteiger partial charge in [-0.3, -0.25) is 4.79 Å². The molecule has 0 fully saturated rings.